The number of nitrogens with two attached hydrogens (primary N) is 1. The summed E-state index contributed by atoms with van der Waals surface area (Å²) in [6, 6.07) is 7.10. The van der Waals surface area contributed by atoms with Gasteiger partial charge in [0, 0.05) is 17.3 Å². The number of pyridine rings is 1. The first kappa shape index (κ1) is 13.5. The minimum absolute atomic E-state index is 0.0330. The zero-order chi connectivity index (χ0) is 14.0. The van der Waals surface area contributed by atoms with Gasteiger partial charge in [-0.3, -0.25) is 9.59 Å². The highest BCUT2D eigenvalue weighted by Gasteiger charge is 2.09. The van der Waals surface area contributed by atoms with Gasteiger partial charge in [0.2, 0.25) is 5.91 Å². The second-order valence-corrected chi connectivity index (χ2v) is 4.81. The van der Waals surface area contributed by atoms with E-state index in [0.717, 1.165) is 0 Å². The first-order valence-corrected chi connectivity index (χ1v) is 6.21. The molecule has 0 spiro atoms. The molecule has 19 heavy (non-hydrogen) atoms. The second kappa shape index (κ2) is 5.36. The summed E-state index contributed by atoms with van der Waals surface area (Å²) in [6.45, 7) is 0.0330. The molecule has 0 radical (unpaired) electrons. The first-order valence-electron chi connectivity index (χ1n) is 5.42. The van der Waals surface area contributed by atoms with Gasteiger partial charge in [0.05, 0.1) is 11.0 Å². The second-order valence-electron chi connectivity index (χ2n) is 3.96. The number of amides is 1. The fourth-order valence-corrected chi connectivity index (χ4v) is 2.05. The number of carbonyl (C=O) groups excluding carboxylic acids is 1. The van der Waals surface area contributed by atoms with Gasteiger partial charge < -0.3 is 10.3 Å². The van der Waals surface area contributed by atoms with E-state index < -0.39 is 11.7 Å². The van der Waals surface area contributed by atoms with Gasteiger partial charge in [-0.15, -0.1) is 0 Å². The van der Waals surface area contributed by atoms with E-state index in [1.165, 1.54) is 22.8 Å². The molecule has 98 valence electrons. The standard InChI is InChI=1S/C13H10BrFN2O2/c14-10-2-1-5-17(13(10)19)7-9-6-8(12(16)18)3-4-11(9)15/h1-6H,7H2,(H2,16,18). The molecule has 2 aromatic rings. The van der Waals surface area contributed by atoms with Gasteiger partial charge in [0.15, 0.2) is 0 Å². The summed E-state index contributed by atoms with van der Waals surface area (Å²) in [5.74, 6) is -1.13. The lowest BCUT2D eigenvalue weighted by molar-refractivity contribution is 0.1000. The van der Waals surface area contributed by atoms with Crippen LogP contribution in [0.5, 0.6) is 0 Å². The minimum Gasteiger partial charge on any atom is -0.366 e. The van der Waals surface area contributed by atoms with Gasteiger partial charge in [-0.25, -0.2) is 4.39 Å². The molecule has 0 bridgehead atoms. The van der Waals surface area contributed by atoms with E-state index in [9.17, 15) is 14.0 Å². The molecule has 0 unspecified atom stereocenters. The summed E-state index contributed by atoms with van der Waals surface area (Å²) in [7, 11) is 0. The van der Waals surface area contributed by atoms with Crippen molar-refractivity contribution in [2.24, 2.45) is 5.73 Å². The molecule has 0 fully saturated rings. The molecule has 1 amide bonds. The van der Waals surface area contributed by atoms with Crippen LogP contribution in [-0.2, 0) is 6.54 Å². The monoisotopic (exact) mass is 324 g/mol. The third kappa shape index (κ3) is 2.90. The number of benzene rings is 1. The first-order chi connectivity index (χ1) is 8.99. The van der Waals surface area contributed by atoms with Gasteiger partial charge in [-0.1, -0.05) is 0 Å². The third-order valence-corrected chi connectivity index (χ3v) is 3.25. The molecule has 6 heteroatoms. The topological polar surface area (TPSA) is 65.1 Å². The van der Waals surface area contributed by atoms with Gasteiger partial charge in [0.1, 0.15) is 5.82 Å². The van der Waals surface area contributed by atoms with E-state index in [2.05, 4.69) is 15.9 Å². The Labute approximate surface area is 116 Å². The highest BCUT2D eigenvalue weighted by Crippen LogP contribution is 2.12. The number of hydrogen-bond acceptors (Lipinski definition) is 2. The van der Waals surface area contributed by atoms with Crippen molar-refractivity contribution in [1.82, 2.24) is 4.57 Å². The quantitative estimate of drug-likeness (QED) is 0.937. The molecule has 0 aliphatic carbocycles. The molecule has 4 nitrogen and oxygen atoms in total. The average Bonchev–Trinajstić information content (AvgIpc) is 2.37. The van der Waals surface area contributed by atoms with Crippen molar-refractivity contribution in [2.75, 3.05) is 0 Å². The van der Waals surface area contributed by atoms with Gasteiger partial charge >= 0.3 is 0 Å². The van der Waals surface area contributed by atoms with Gasteiger partial charge in [-0.05, 0) is 46.3 Å². The highest BCUT2D eigenvalue weighted by atomic mass is 79.9. The predicted octanol–water partition coefficient (Wildman–Crippen LogP) is 1.90. The van der Waals surface area contributed by atoms with Crippen LogP contribution in [0.1, 0.15) is 15.9 Å². The van der Waals surface area contributed by atoms with Crippen molar-refractivity contribution in [2.45, 2.75) is 6.54 Å². The van der Waals surface area contributed by atoms with Crippen LogP contribution in [0.4, 0.5) is 4.39 Å². The summed E-state index contributed by atoms with van der Waals surface area (Å²) in [4.78, 5) is 22.9. The van der Waals surface area contributed by atoms with E-state index in [1.54, 1.807) is 18.3 Å². The number of nitrogens with zero attached hydrogens (tertiary/aromatic N) is 1. The molecule has 1 heterocycles. The van der Waals surface area contributed by atoms with Crippen molar-refractivity contribution in [3.05, 3.63) is 68.3 Å². The number of aromatic nitrogens is 1. The normalized spacial score (nSPS) is 10.4. The van der Waals surface area contributed by atoms with Crippen LogP contribution in [0.2, 0.25) is 0 Å². The van der Waals surface area contributed by atoms with Crippen LogP contribution in [-0.4, -0.2) is 10.5 Å². The van der Waals surface area contributed by atoms with E-state index in [1.807, 2.05) is 0 Å². The maximum Gasteiger partial charge on any atom is 0.265 e. The Morgan fingerprint density at radius 1 is 1.37 bits per heavy atom. The largest absolute Gasteiger partial charge is 0.366 e. The summed E-state index contributed by atoms with van der Waals surface area (Å²) in [5, 5.41) is 0. The van der Waals surface area contributed by atoms with Gasteiger partial charge in [0.25, 0.3) is 5.56 Å². The number of hydrogen-bond donors (Lipinski definition) is 1. The fraction of sp³-hybridized carbons (Fsp3) is 0.0769. The van der Waals surface area contributed by atoms with E-state index in [4.69, 9.17) is 5.73 Å². The lowest BCUT2D eigenvalue weighted by atomic mass is 10.1. The summed E-state index contributed by atoms with van der Waals surface area (Å²) < 4.78 is 15.4. The van der Waals surface area contributed by atoms with E-state index >= 15 is 0 Å². The Morgan fingerprint density at radius 3 is 2.79 bits per heavy atom. The zero-order valence-electron chi connectivity index (χ0n) is 9.77. The summed E-state index contributed by atoms with van der Waals surface area (Å²) in [5.41, 5.74) is 5.31. The Bertz CT molecular complexity index is 697. The maximum absolute atomic E-state index is 13.7. The zero-order valence-corrected chi connectivity index (χ0v) is 11.4. The maximum atomic E-state index is 13.7. The van der Waals surface area contributed by atoms with E-state index in [0.29, 0.717) is 4.47 Å². The van der Waals surface area contributed by atoms with Crippen molar-refractivity contribution in [1.29, 1.82) is 0 Å². The molecule has 0 atom stereocenters. The summed E-state index contributed by atoms with van der Waals surface area (Å²) in [6.07, 6.45) is 1.55. The van der Waals surface area contributed by atoms with Crippen molar-refractivity contribution in [3.63, 3.8) is 0 Å². The SMILES string of the molecule is NC(=O)c1ccc(F)c(Cn2cccc(Br)c2=O)c1. The number of rotatable bonds is 3. The molecule has 0 saturated carbocycles. The molecule has 1 aromatic heterocycles. The number of carbonyl (C=O) groups is 1. The molecular weight excluding hydrogens is 315 g/mol. The van der Waals surface area contributed by atoms with Gasteiger partial charge in [-0.2, -0.15) is 0 Å². The van der Waals surface area contributed by atoms with Crippen LogP contribution in [0.15, 0.2) is 45.8 Å². The van der Waals surface area contributed by atoms with Crippen LogP contribution in [0.25, 0.3) is 0 Å². The van der Waals surface area contributed by atoms with Crippen molar-refractivity contribution < 1.29 is 9.18 Å². The molecule has 0 aliphatic rings. The third-order valence-electron chi connectivity index (χ3n) is 2.64. The van der Waals surface area contributed by atoms with Crippen LogP contribution in [0.3, 0.4) is 0 Å². The molecule has 0 saturated heterocycles. The molecule has 0 aliphatic heterocycles. The Balaban J connectivity index is 2.43. The number of primary amides is 1. The highest BCUT2D eigenvalue weighted by molar-refractivity contribution is 9.10. The smallest absolute Gasteiger partial charge is 0.265 e. The fourth-order valence-electron chi connectivity index (χ4n) is 1.66. The van der Waals surface area contributed by atoms with Crippen LogP contribution in [0, 0.1) is 5.82 Å². The predicted molar refractivity (Wildman–Crippen MR) is 72.4 cm³/mol. The van der Waals surface area contributed by atoms with Crippen molar-refractivity contribution in [3.8, 4) is 0 Å². The van der Waals surface area contributed by atoms with Crippen LogP contribution < -0.4 is 11.3 Å². The Morgan fingerprint density at radius 2 is 2.11 bits per heavy atom. The molecule has 1 aromatic carbocycles. The van der Waals surface area contributed by atoms with E-state index in [-0.39, 0.29) is 23.2 Å². The Kier molecular flexibility index (Phi) is 3.80. The Hall–Kier alpha value is -1.95. The van der Waals surface area contributed by atoms with Crippen molar-refractivity contribution >= 4 is 21.8 Å². The molecular formula is C13H10BrFN2O2. The lowest BCUT2D eigenvalue weighted by Crippen LogP contribution is -2.21. The molecule has 2 N–H and O–H groups in total. The number of halogens is 2. The van der Waals surface area contributed by atoms with Crippen LogP contribution >= 0.6 is 15.9 Å². The minimum atomic E-state index is -0.636. The average molecular weight is 325 g/mol. The molecule has 2 rings (SSSR count). The summed E-state index contributed by atoms with van der Waals surface area (Å²) >= 11 is 3.11. The lowest BCUT2D eigenvalue weighted by Gasteiger charge is -2.08.